The predicted octanol–water partition coefficient (Wildman–Crippen LogP) is 0.282. The lowest BCUT2D eigenvalue weighted by Gasteiger charge is -2.15. The van der Waals surface area contributed by atoms with Crippen molar-refractivity contribution in [3.63, 3.8) is 0 Å². The molecule has 2 atom stereocenters. The largest absolute Gasteiger partial charge is 0.479 e. The van der Waals surface area contributed by atoms with Gasteiger partial charge in [0.15, 0.2) is 6.10 Å². The number of carbonyl (C=O) groups is 1. The van der Waals surface area contributed by atoms with Crippen LogP contribution in [0.4, 0.5) is 0 Å². The molecule has 1 N–H and O–H groups in total. The summed E-state index contributed by atoms with van der Waals surface area (Å²) in [7, 11) is 0. The van der Waals surface area contributed by atoms with Crippen molar-refractivity contribution >= 4 is 5.97 Å². The van der Waals surface area contributed by atoms with E-state index >= 15 is 0 Å². The lowest BCUT2D eigenvalue weighted by Crippen LogP contribution is -2.31. The fraction of sp³-hybridized carbons (Fsp3) is 0.889. The molecule has 5 nitrogen and oxygen atoms in total. The number of hydrogen-bond acceptors (Lipinski definition) is 4. The van der Waals surface area contributed by atoms with Gasteiger partial charge in [0.05, 0.1) is 19.3 Å². The van der Waals surface area contributed by atoms with Gasteiger partial charge in [-0.3, -0.25) is 0 Å². The fourth-order valence-corrected chi connectivity index (χ4v) is 1.26. The molecule has 0 amide bonds. The van der Waals surface area contributed by atoms with Crippen molar-refractivity contribution in [1.29, 1.82) is 0 Å². The van der Waals surface area contributed by atoms with Crippen LogP contribution >= 0.6 is 0 Å². The third-order valence-corrected chi connectivity index (χ3v) is 2.01. The predicted molar refractivity (Wildman–Crippen MR) is 48.2 cm³/mol. The van der Waals surface area contributed by atoms with E-state index in [4.69, 9.17) is 19.3 Å². The van der Waals surface area contributed by atoms with Gasteiger partial charge in [-0.2, -0.15) is 0 Å². The van der Waals surface area contributed by atoms with Crippen LogP contribution < -0.4 is 0 Å². The first-order valence-corrected chi connectivity index (χ1v) is 4.77. The van der Waals surface area contributed by atoms with Crippen LogP contribution in [0.5, 0.6) is 0 Å². The summed E-state index contributed by atoms with van der Waals surface area (Å²) in [6.07, 6.45) is -0.00346. The molecule has 5 heteroatoms. The maximum Gasteiger partial charge on any atom is 0.335 e. The lowest BCUT2D eigenvalue weighted by atomic mass is 10.3. The highest BCUT2D eigenvalue weighted by Gasteiger charge is 2.22. The summed E-state index contributed by atoms with van der Waals surface area (Å²) in [5.74, 6) is -0.981. The Morgan fingerprint density at radius 3 is 3.00 bits per heavy atom. The van der Waals surface area contributed by atoms with Crippen molar-refractivity contribution in [1.82, 2.24) is 0 Å². The molecule has 0 aromatic carbocycles. The van der Waals surface area contributed by atoms with Crippen LogP contribution in [0.2, 0.25) is 0 Å². The standard InChI is InChI=1S/C9H16O5/c1-2-13-8(9(10)11)6-14-7-3-4-12-5-7/h7-8H,2-6H2,1H3,(H,10,11). The lowest BCUT2D eigenvalue weighted by molar-refractivity contribution is -0.155. The molecule has 0 aliphatic carbocycles. The van der Waals surface area contributed by atoms with E-state index in [-0.39, 0.29) is 12.7 Å². The quantitative estimate of drug-likeness (QED) is 0.673. The van der Waals surface area contributed by atoms with Crippen molar-refractivity contribution < 1.29 is 24.1 Å². The van der Waals surface area contributed by atoms with Gasteiger partial charge in [0, 0.05) is 13.2 Å². The Kier molecular flexibility index (Phi) is 4.86. The summed E-state index contributed by atoms with van der Waals surface area (Å²) in [5, 5.41) is 8.74. The van der Waals surface area contributed by atoms with Gasteiger partial charge < -0.3 is 19.3 Å². The van der Waals surface area contributed by atoms with Gasteiger partial charge in [-0.1, -0.05) is 0 Å². The minimum absolute atomic E-state index is 0.0253. The van der Waals surface area contributed by atoms with Gasteiger partial charge in [-0.05, 0) is 13.3 Å². The Morgan fingerprint density at radius 2 is 2.50 bits per heavy atom. The minimum atomic E-state index is -0.981. The first-order chi connectivity index (χ1) is 6.74. The SMILES string of the molecule is CCOC(COC1CCOC1)C(=O)O. The first-order valence-electron chi connectivity index (χ1n) is 4.77. The summed E-state index contributed by atoms with van der Waals surface area (Å²) in [5.41, 5.74) is 0. The van der Waals surface area contributed by atoms with E-state index in [1.807, 2.05) is 0 Å². The van der Waals surface area contributed by atoms with Crippen molar-refractivity contribution in [2.24, 2.45) is 0 Å². The molecule has 0 aromatic rings. The molecule has 14 heavy (non-hydrogen) atoms. The molecule has 0 bridgehead atoms. The van der Waals surface area contributed by atoms with Gasteiger partial charge in [0.25, 0.3) is 0 Å². The van der Waals surface area contributed by atoms with Crippen LogP contribution in [-0.2, 0) is 19.0 Å². The van der Waals surface area contributed by atoms with Crippen molar-refractivity contribution in [3.8, 4) is 0 Å². The van der Waals surface area contributed by atoms with E-state index < -0.39 is 12.1 Å². The monoisotopic (exact) mass is 204 g/mol. The number of aliphatic carboxylic acids is 1. The molecule has 0 radical (unpaired) electrons. The summed E-state index contributed by atoms with van der Waals surface area (Å²) in [6.45, 7) is 3.48. The molecule has 0 aromatic heterocycles. The third kappa shape index (κ3) is 3.61. The van der Waals surface area contributed by atoms with Crippen LogP contribution in [0, 0.1) is 0 Å². The molecule has 1 heterocycles. The highest BCUT2D eigenvalue weighted by Crippen LogP contribution is 2.09. The molecule has 82 valence electrons. The van der Waals surface area contributed by atoms with E-state index in [0.29, 0.717) is 19.8 Å². The Morgan fingerprint density at radius 1 is 1.71 bits per heavy atom. The second-order valence-electron chi connectivity index (χ2n) is 3.10. The van der Waals surface area contributed by atoms with E-state index in [0.717, 1.165) is 6.42 Å². The zero-order valence-corrected chi connectivity index (χ0v) is 8.27. The minimum Gasteiger partial charge on any atom is -0.479 e. The Hall–Kier alpha value is -0.650. The highest BCUT2D eigenvalue weighted by atomic mass is 16.6. The van der Waals surface area contributed by atoms with Gasteiger partial charge >= 0.3 is 5.97 Å². The Labute approximate surface area is 82.9 Å². The molecule has 1 aliphatic rings. The molecule has 2 unspecified atom stereocenters. The molecular formula is C9H16O5. The van der Waals surface area contributed by atoms with E-state index in [9.17, 15) is 4.79 Å². The number of hydrogen-bond donors (Lipinski definition) is 1. The number of carboxylic acids is 1. The van der Waals surface area contributed by atoms with Crippen LogP contribution in [0.1, 0.15) is 13.3 Å². The topological polar surface area (TPSA) is 65.0 Å². The van der Waals surface area contributed by atoms with E-state index in [1.54, 1.807) is 6.92 Å². The maximum absolute atomic E-state index is 10.7. The molecule has 1 rings (SSSR count). The van der Waals surface area contributed by atoms with Crippen LogP contribution in [-0.4, -0.2) is 49.7 Å². The van der Waals surface area contributed by atoms with Gasteiger partial charge in [-0.15, -0.1) is 0 Å². The van der Waals surface area contributed by atoms with E-state index in [2.05, 4.69) is 0 Å². The maximum atomic E-state index is 10.7. The normalized spacial score (nSPS) is 23.6. The van der Waals surface area contributed by atoms with Crippen molar-refractivity contribution in [2.45, 2.75) is 25.6 Å². The van der Waals surface area contributed by atoms with Crippen LogP contribution in [0.15, 0.2) is 0 Å². The number of rotatable bonds is 6. The Bertz CT molecular complexity index is 176. The van der Waals surface area contributed by atoms with Gasteiger partial charge in [0.1, 0.15) is 0 Å². The summed E-state index contributed by atoms with van der Waals surface area (Å²) >= 11 is 0. The second kappa shape index (κ2) is 5.95. The average molecular weight is 204 g/mol. The summed E-state index contributed by atoms with van der Waals surface area (Å²) in [4.78, 5) is 10.7. The number of carboxylic acid groups (broad SMARTS) is 1. The van der Waals surface area contributed by atoms with Crippen molar-refractivity contribution in [3.05, 3.63) is 0 Å². The van der Waals surface area contributed by atoms with Crippen LogP contribution in [0.3, 0.4) is 0 Å². The van der Waals surface area contributed by atoms with Crippen LogP contribution in [0.25, 0.3) is 0 Å². The summed E-state index contributed by atoms with van der Waals surface area (Å²) < 4.78 is 15.4. The van der Waals surface area contributed by atoms with Gasteiger partial charge in [0.2, 0.25) is 0 Å². The average Bonchev–Trinajstić information content (AvgIpc) is 2.64. The molecule has 0 spiro atoms. The first kappa shape index (κ1) is 11.4. The number of ether oxygens (including phenoxy) is 3. The highest BCUT2D eigenvalue weighted by molar-refractivity contribution is 5.72. The third-order valence-electron chi connectivity index (χ3n) is 2.01. The second-order valence-corrected chi connectivity index (χ2v) is 3.10. The zero-order chi connectivity index (χ0) is 10.4. The molecule has 1 aliphatic heterocycles. The van der Waals surface area contributed by atoms with Gasteiger partial charge in [-0.25, -0.2) is 4.79 Å². The molecule has 1 fully saturated rings. The molecule has 0 saturated carbocycles. The molecule has 1 saturated heterocycles. The summed E-state index contributed by atoms with van der Waals surface area (Å²) in [6, 6.07) is 0. The smallest absolute Gasteiger partial charge is 0.335 e. The molecular weight excluding hydrogens is 188 g/mol. The zero-order valence-electron chi connectivity index (χ0n) is 8.27. The van der Waals surface area contributed by atoms with Crippen molar-refractivity contribution in [2.75, 3.05) is 26.4 Å². The van der Waals surface area contributed by atoms with E-state index in [1.165, 1.54) is 0 Å². The fourth-order valence-electron chi connectivity index (χ4n) is 1.26. The Balaban J connectivity index is 2.21.